The van der Waals surface area contributed by atoms with Gasteiger partial charge in [-0.1, -0.05) is 59.6 Å². The van der Waals surface area contributed by atoms with Crippen LogP contribution in [0.1, 0.15) is 10.4 Å². The van der Waals surface area contributed by atoms with Crippen LogP contribution in [0.3, 0.4) is 0 Å². The molecule has 1 aromatic heterocycles. The number of nitrogens with one attached hydrogen (secondary N) is 1. The lowest BCUT2D eigenvalue weighted by molar-refractivity contribution is -0.117. The van der Waals surface area contributed by atoms with Crippen molar-refractivity contribution in [2.24, 2.45) is 0 Å². The van der Waals surface area contributed by atoms with Gasteiger partial charge >= 0.3 is 0 Å². The molecule has 0 aliphatic carbocycles. The number of rotatable bonds is 9. The molecular weight excluding hydrogens is 499 g/mol. The van der Waals surface area contributed by atoms with Gasteiger partial charge in [0.25, 0.3) is 5.91 Å². The lowest BCUT2D eigenvalue weighted by atomic mass is 10.2. The highest BCUT2D eigenvalue weighted by Gasteiger charge is 2.21. The van der Waals surface area contributed by atoms with Gasteiger partial charge in [-0.2, -0.15) is 0 Å². The fraction of sp³-hybridized carbons (Fsp3) is 0.148. The van der Waals surface area contributed by atoms with E-state index in [-0.39, 0.29) is 19.0 Å². The van der Waals surface area contributed by atoms with E-state index in [4.69, 9.17) is 27.9 Å². The molecule has 0 aliphatic rings. The summed E-state index contributed by atoms with van der Waals surface area (Å²) in [4.78, 5) is 32.2. The first-order valence-corrected chi connectivity index (χ1v) is 11.9. The number of nitrogens with zero attached hydrogens (tertiary/aromatic N) is 3. The van der Waals surface area contributed by atoms with Crippen molar-refractivity contribution >= 4 is 41.0 Å². The fourth-order valence-corrected chi connectivity index (χ4v) is 3.92. The summed E-state index contributed by atoms with van der Waals surface area (Å²) < 4.78 is 6.89. The number of aromatic nitrogens is 2. The van der Waals surface area contributed by atoms with E-state index in [1.54, 1.807) is 60.2 Å². The van der Waals surface area contributed by atoms with Crippen LogP contribution in [-0.4, -0.2) is 53.1 Å². The Hall–Kier alpha value is -3.65. The molecule has 36 heavy (non-hydrogen) atoms. The maximum Gasteiger partial charge on any atom is 0.254 e. The van der Waals surface area contributed by atoms with E-state index in [0.717, 1.165) is 11.3 Å². The monoisotopic (exact) mass is 522 g/mol. The molecule has 0 bridgehead atoms. The lowest BCUT2D eigenvalue weighted by Crippen LogP contribution is -2.40. The highest BCUT2D eigenvalue weighted by molar-refractivity contribution is 6.31. The van der Waals surface area contributed by atoms with Crippen LogP contribution in [0.4, 0.5) is 5.95 Å². The van der Waals surface area contributed by atoms with E-state index in [1.165, 1.54) is 4.90 Å². The molecule has 4 rings (SSSR count). The first-order valence-electron chi connectivity index (χ1n) is 11.2. The van der Waals surface area contributed by atoms with E-state index in [9.17, 15) is 9.59 Å². The average molecular weight is 523 g/mol. The Morgan fingerprint density at radius 3 is 2.42 bits per heavy atom. The molecule has 0 spiro atoms. The number of imidazole rings is 1. The van der Waals surface area contributed by atoms with E-state index in [0.29, 0.717) is 33.9 Å². The number of carbonyl (C=O) groups excluding carboxylic acids is 2. The lowest BCUT2D eigenvalue weighted by Gasteiger charge is -2.22. The zero-order valence-corrected chi connectivity index (χ0v) is 21.0. The molecule has 3 aromatic carbocycles. The van der Waals surface area contributed by atoms with Gasteiger partial charge in [0.2, 0.25) is 11.9 Å². The summed E-state index contributed by atoms with van der Waals surface area (Å²) >= 11 is 12.2. The Morgan fingerprint density at radius 2 is 1.72 bits per heavy atom. The Bertz CT molecular complexity index is 1340. The van der Waals surface area contributed by atoms with Gasteiger partial charge in [0.15, 0.2) is 0 Å². The number of hydrogen-bond donors (Lipinski definition) is 1. The second-order valence-electron chi connectivity index (χ2n) is 7.94. The molecule has 0 unspecified atom stereocenters. The summed E-state index contributed by atoms with van der Waals surface area (Å²) in [6, 6.07) is 23.3. The standard InChI is InChI=1S/C27H24Cl2N4O3/c1-36-15-14-32(26(35)20-6-3-2-4-7-20)18-25(34)31-27-30-24(19-10-12-21(28)13-11-19)17-33(27)23-9-5-8-22(29)16-23/h2-13,16-17H,14-15,18H2,1H3,(H,30,31,34). The van der Waals surface area contributed by atoms with E-state index in [2.05, 4.69) is 10.3 Å². The van der Waals surface area contributed by atoms with Crippen LogP contribution >= 0.6 is 23.2 Å². The van der Waals surface area contributed by atoms with Gasteiger partial charge in [-0.15, -0.1) is 0 Å². The summed E-state index contributed by atoms with van der Waals surface area (Å²) in [6.07, 6.45) is 1.81. The number of methoxy groups -OCH3 is 1. The average Bonchev–Trinajstić information content (AvgIpc) is 3.30. The van der Waals surface area contributed by atoms with Gasteiger partial charge in [-0.25, -0.2) is 4.98 Å². The molecule has 0 aliphatic heterocycles. The van der Waals surface area contributed by atoms with Gasteiger partial charge < -0.3 is 9.64 Å². The van der Waals surface area contributed by atoms with Gasteiger partial charge in [0.05, 0.1) is 12.3 Å². The van der Waals surface area contributed by atoms with Crippen molar-refractivity contribution < 1.29 is 14.3 Å². The number of benzene rings is 3. The van der Waals surface area contributed by atoms with Crippen molar-refractivity contribution in [3.8, 4) is 16.9 Å². The molecule has 1 N–H and O–H groups in total. The number of ether oxygens (including phenoxy) is 1. The quantitative estimate of drug-likeness (QED) is 0.311. The molecule has 184 valence electrons. The Kier molecular flexibility index (Phi) is 8.38. The van der Waals surface area contributed by atoms with Crippen LogP contribution in [0.2, 0.25) is 10.0 Å². The maximum atomic E-state index is 13.1. The predicted molar refractivity (Wildman–Crippen MR) is 142 cm³/mol. The largest absolute Gasteiger partial charge is 0.383 e. The van der Waals surface area contributed by atoms with Crippen molar-refractivity contribution in [3.05, 3.63) is 101 Å². The zero-order valence-electron chi connectivity index (χ0n) is 19.5. The molecule has 0 atom stereocenters. The van der Waals surface area contributed by atoms with E-state index in [1.807, 2.05) is 36.5 Å². The Balaban J connectivity index is 1.61. The van der Waals surface area contributed by atoms with Gasteiger partial charge in [0, 0.05) is 46.7 Å². The molecule has 0 saturated carbocycles. The highest BCUT2D eigenvalue weighted by Crippen LogP contribution is 2.26. The first kappa shape index (κ1) is 25.4. The van der Waals surface area contributed by atoms with E-state index < -0.39 is 5.91 Å². The van der Waals surface area contributed by atoms with Crippen LogP contribution in [0.25, 0.3) is 16.9 Å². The molecule has 0 fully saturated rings. The van der Waals surface area contributed by atoms with Crippen LogP contribution in [0.15, 0.2) is 85.1 Å². The summed E-state index contributed by atoms with van der Waals surface area (Å²) in [5, 5.41) is 4.01. The molecule has 0 saturated heterocycles. The SMILES string of the molecule is COCCN(CC(=O)Nc1nc(-c2ccc(Cl)cc2)cn1-c1cccc(Cl)c1)C(=O)c1ccccc1. The topological polar surface area (TPSA) is 76.5 Å². The van der Waals surface area contributed by atoms with Crippen molar-refractivity contribution in [2.45, 2.75) is 0 Å². The fourth-order valence-electron chi connectivity index (χ4n) is 3.61. The third-order valence-electron chi connectivity index (χ3n) is 5.39. The van der Waals surface area contributed by atoms with Crippen LogP contribution < -0.4 is 5.32 Å². The number of carbonyl (C=O) groups is 2. The minimum absolute atomic E-state index is 0.171. The minimum Gasteiger partial charge on any atom is -0.383 e. The highest BCUT2D eigenvalue weighted by atomic mass is 35.5. The molecule has 1 heterocycles. The minimum atomic E-state index is -0.396. The summed E-state index contributed by atoms with van der Waals surface area (Å²) in [7, 11) is 1.55. The van der Waals surface area contributed by atoms with Crippen LogP contribution in [0, 0.1) is 0 Å². The molecule has 4 aromatic rings. The van der Waals surface area contributed by atoms with Gasteiger partial charge in [-0.05, 0) is 42.5 Å². The van der Waals surface area contributed by atoms with Crippen molar-refractivity contribution in [3.63, 3.8) is 0 Å². The molecular formula is C27H24Cl2N4O3. The number of anilines is 1. The van der Waals surface area contributed by atoms with Crippen molar-refractivity contribution in [1.29, 1.82) is 0 Å². The summed E-state index contributed by atoms with van der Waals surface area (Å²) in [5.41, 5.74) is 2.68. The number of halogens is 2. The third-order valence-corrected chi connectivity index (χ3v) is 5.88. The molecule has 2 amide bonds. The summed E-state index contributed by atoms with van der Waals surface area (Å²) in [5.74, 6) is -0.360. The predicted octanol–water partition coefficient (Wildman–Crippen LogP) is 5.57. The summed E-state index contributed by atoms with van der Waals surface area (Å²) in [6.45, 7) is 0.385. The molecule has 9 heteroatoms. The van der Waals surface area contributed by atoms with Crippen molar-refractivity contribution in [2.75, 3.05) is 32.1 Å². The molecule has 7 nitrogen and oxygen atoms in total. The smallest absolute Gasteiger partial charge is 0.254 e. The Labute approximate surface area is 219 Å². The molecule has 0 radical (unpaired) electrons. The van der Waals surface area contributed by atoms with Crippen molar-refractivity contribution in [1.82, 2.24) is 14.5 Å². The maximum absolute atomic E-state index is 13.1. The zero-order chi connectivity index (χ0) is 25.5. The van der Waals surface area contributed by atoms with Gasteiger partial charge in [-0.3, -0.25) is 19.5 Å². The number of hydrogen-bond acceptors (Lipinski definition) is 4. The second-order valence-corrected chi connectivity index (χ2v) is 8.81. The second kappa shape index (κ2) is 11.9. The normalized spacial score (nSPS) is 10.8. The Morgan fingerprint density at radius 1 is 0.972 bits per heavy atom. The first-order chi connectivity index (χ1) is 17.4. The number of amides is 2. The van der Waals surface area contributed by atoms with Crippen LogP contribution in [0.5, 0.6) is 0 Å². The van der Waals surface area contributed by atoms with Crippen LogP contribution in [-0.2, 0) is 9.53 Å². The van der Waals surface area contributed by atoms with Gasteiger partial charge in [0.1, 0.15) is 6.54 Å². The van der Waals surface area contributed by atoms with E-state index >= 15 is 0 Å². The third kappa shape index (κ3) is 6.31.